The van der Waals surface area contributed by atoms with E-state index in [-0.39, 0.29) is 5.69 Å². The Kier molecular flexibility index (Phi) is 2.00. The Balaban J connectivity index is 2.70. The fourth-order valence-electron chi connectivity index (χ4n) is 1.50. The van der Waals surface area contributed by atoms with Gasteiger partial charge in [0.05, 0.1) is 4.92 Å². The lowest BCUT2D eigenvalue weighted by Crippen LogP contribution is -2.05. The highest BCUT2D eigenvalue weighted by atomic mass is 16.6. The molecule has 0 saturated carbocycles. The summed E-state index contributed by atoms with van der Waals surface area (Å²) in [6, 6.07) is 1.70. The molecule has 2 rings (SSSR count). The minimum atomic E-state index is -0.445. The van der Waals surface area contributed by atoms with Crippen LogP contribution in [0.5, 0.6) is 0 Å². The van der Waals surface area contributed by atoms with E-state index in [9.17, 15) is 10.1 Å². The molecule has 0 radical (unpaired) electrons. The van der Waals surface area contributed by atoms with Crippen LogP contribution in [-0.4, -0.2) is 24.5 Å². The third-order valence-electron chi connectivity index (χ3n) is 2.07. The second kappa shape index (κ2) is 3.19. The van der Waals surface area contributed by atoms with Crippen LogP contribution in [0, 0.1) is 17.0 Å². The molecule has 0 N–H and O–H groups in total. The summed E-state index contributed by atoms with van der Waals surface area (Å²) >= 11 is 0. The van der Waals surface area contributed by atoms with E-state index in [1.807, 2.05) is 0 Å². The fraction of sp³-hybridized carbons (Fsp3) is 0.250. The second-order valence-electron chi connectivity index (χ2n) is 3.09. The molecule has 2 heterocycles. The van der Waals surface area contributed by atoms with Crippen LogP contribution in [0.15, 0.2) is 18.5 Å². The van der Waals surface area contributed by atoms with Crippen LogP contribution < -0.4 is 0 Å². The van der Waals surface area contributed by atoms with Crippen molar-refractivity contribution in [3.05, 3.63) is 34.3 Å². The first-order valence-electron chi connectivity index (χ1n) is 4.29. The molecule has 2 aromatic heterocycles. The number of hydrogen-bond acceptors (Lipinski definition) is 4. The number of nitro groups is 1. The van der Waals surface area contributed by atoms with Gasteiger partial charge < -0.3 is 0 Å². The van der Waals surface area contributed by atoms with E-state index in [1.54, 1.807) is 32.4 Å². The average Bonchev–Trinajstić information content (AvgIpc) is 2.71. The summed E-state index contributed by atoms with van der Waals surface area (Å²) in [6.45, 7) is 1.60. The van der Waals surface area contributed by atoms with E-state index in [4.69, 9.17) is 0 Å². The van der Waals surface area contributed by atoms with Crippen molar-refractivity contribution in [2.45, 2.75) is 6.92 Å². The van der Waals surface area contributed by atoms with Crippen molar-refractivity contribution in [1.82, 2.24) is 19.6 Å². The monoisotopic (exact) mass is 207 g/mol. The lowest BCUT2D eigenvalue weighted by molar-refractivity contribution is -0.385. The maximum Gasteiger partial charge on any atom is 0.336 e. The molecule has 0 aliphatic heterocycles. The van der Waals surface area contributed by atoms with Crippen molar-refractivity contribution in [3.8, 4) is 5.82 Å². The topological polar surface area (TPSA) is 78.8 Å². The van der Waals surface area contributed by atoms with Gasteiger partial charge in [-0.2, -0.15) is 10.2 Å². The molecule has 0 saturated heterocycles. The zero-order valence-electron chi connectivity index (χ0n) is 8.28. The molecule has 0 bridgehead atoms. The highest BCUT2D eigenvalue weighted by Crippen LogP contribution is 2.24. The zero-order valence-corrected chi connectivity index (χ0v) is 8.28. The maximum absolute atomic E-state index is 10.9. The fourth-order valence-corrected chi connectivity index (χ4v) is 1.50. The summed E-state index contributed by atoms with van der Waals surface area (Å²) < 4.78 is 2.87. The molecule has 0 fully saturated rings. The first kappa shape index (κ1) is 9.38. The van der Waals surface area contributed by atoms with Gasteiger partial charge in [0.2, 0.25) is 5.82 Å². The van der Waals surface area contributed by atoms with Crippen LogP contribution in [0.2, 0.25) is 0 Å². The molecule has 78 valence electrons. The Morgan fingerprint density at radius 2 is 2.27 bits per heavy atom. The lowest BCUT2D eigenvalue weighted by Gasteiger charge is -1.99. The van der Waals surface area contributed by atoms with Crippen LogP contribution in [0.4, 0.5) is 5.69 Å². The number of hydrogen-bond donors (Lipinski definition) is 0. The van der Waals surface area contributed by atoms with Crippen LogP contribution in [0.1, 0.15) is 5.69 Å². The molecular weight excluding hydrogens is 198 g/mol. The Morgan fingerprint density at radius 3 is 2.80 bits per heavy atom. The Hall–Kier alpha value is -2.18. The summed E-state index contributed by atoms with van der Waals surface area (Å²) in [5.74, 6) is 0.363. The lowest BCUT2D eigenvalue weighted by atomic mass is 10.4. The number of aromatic nitrogens is 4. The van der Waals surface area contributed by atoms with Crippen LogP contribution in [0.25, 0.3) is 5.82 Å². The van der Waals surface area contributed by atoms with Crippen molar-refractivity contribution >= 4 is 5.69 Å². The quantitative estimate of drug-likeness (QED) is 0.539. The van der Waals surface area contributed by atoms with Gasteiger partial charge in [-0.1, -0.05) is 0 Å². The van der Waals surface area contributed by atoms with Gasteiger partial charge in [-0.3, -0.25) is 10.1 Å². The summed E-state index contributed by atoms with van der Waals surface area (Å²) in [6.07, 6.45) is 3.20. The van der Waals surface area contributed by atoms with Gasteiger partial charge in [0.1, 0.15) is 5.69 Å². The third kappa shape index (κ3) is 1.37. The highest BCUT2D eigenvalue weighted by Gasteiger charge is 2.25. The van der Waals surface area contributed by atoms with Crippen LogP contribution >= 0.6 is 0 Å². The molecule has 0 aliphatic rings. The number of nitrogens with zero attached hydrogens (tertiary/aromatic N) is 5. The van der Waals surface area contributed by atoms with Gasteiger partial charge in [-0.15, -0.1) is 0 Å². The minimum Gasteiger partial charge on any atom is -0.258 e. The maximum atomic E-state index is 10.9. The summed E-state index contributed by atoms with van der Waals surface area (Å²) in [5, 5.41) is 18.8. The third-order valence-corrected chi connectivity index (χ3v) is 2.07. The molecule has 15 heavy (non-hydrogen) atoms. The molecule has 0 aromatic carbocycles. The minimum absolute atomic E-state index is 0.0128. The summed E-state index contributed by atoms with van der Waals surface area (Å²) in [5.41, 5.74) is 0.370. The van der Waals surface area contributed by atoms with Crippen molar-refractivity contribution in [1.29, 1.82) is 0 Å². The SMILES string of the molecule is Cc1nn(C)c(-n2cccn2)c1[N+](=O)[O-]. The molecular formula is C8H9N5O2. The first-order valence-corrected chi connectivity index (χ1v) is 4.29. The summed E-state index contributed by atoms with van der Waals surface area (Å²) in [4.78, 5) is 10.4. The van der Waals surface area contributed by atoms with E-state index in [2.05, 4.69) is 10.2 Å². The van der Waals surface area contributed by atoms with Crippen LogP contribution in [-0.2, 0) is 7.05 Å². The molecule has 0 unspecified atom stereocenters. The number of rotatable bonds is 2. The molecule has 0 spiro atoms. The molecule has 2 aromatic rings. The van der Waals surface area contributed by atoms with E-state index >= 15 is 0 Å². The largest absolute Gasteiger partial charge is 0.336 e. The van der Waals surface area contributed by atoms with Crippen molar-refractivity contribution in [2.75, 3.05) is 0 Å². The molecule has 0 atom stereocenters. The van der Waals surface area contributed by atoms with E-state index in [1.165, 1.54) is 9.36 Å². The van der Waals surface area contributed by atoms with Crippen molar-refractivity contribution < 1.29 is 4.92 Å². The van der Waals surface area contributed by atoms with Crippen molar-refractivity contribution in [2.24, 2.45) is 7.05 Å². The second-order valence-corrected chi connectivity index (χ2v) is 3.09. The van der Waals surface area contributed by atoms with E-state index in [0.717, 1.165) is 0 Å². The van der Waals surface area contributed by atoms with Gasteiger partial charge >= 0.3 is 5.69 Å². The molecule has 7 nitrogen and oxygen atoms in total. The Morgan fingerprint density at radius 1 is 1.53 bits per heavy atom. The molecule has 7 heteroatoms. The Labute approximate surface area is 85.1 Å². The predicted molar refractivity (Wildman–Crippen MR) is 51.7 cm³/mol. The first-order chi connectivity index (χ1) is 7.11. The van der Waals surface area contributed by atoms with Gasteiger partial charge in [0.25, 0.3) is 0 Å². The molecule has 0 amide bonds. The van der Waals surface area contributed by atoms with Gasteiger partial charge in [0.15, 0.2) is 0 Å². The smallest absolute Gasteiger partial charge is 0.258 e. The van der Waals surface area contributed by atoms with Gasteiger partial charge in [0, 0.05) is 19.4 Å². The van der Waals surface area contributed by atoms with Gasteiger partial charge in [-0.05, 0) is 13.0 Å². The van der Waals surface area contributed by atoms with Crippen LogP contribution in [0.3, 0.4) is 0 Å². The summed E-state index contributed by atoms with van der Waals surface area (Å²) in [7, 11) is 1.65. The Bertz CT molecular complexity index is 499. The number of aryl methyl sites for hydroxylation is 2. The molecule has 0 aliphatic carbocycles. The normalized spacial score (nSPS) is 10.5. The van der Waals surface area contributed by atoms with E-state index < -0.39 is 4.92 Å². The zero-order chi connectivity index (χ0) is 11.0. The standard InChI is InChI=1S/C8H9N5O2/c1-6-7(13(14)15)8(11(2)10-6)12-5-3-4-9-12/h3-5H,1-2H3. The van der Waals surface area contributed by atoms with Crippen molar-refractivity contribution in [3.63, 3.8) is 0 Å². The van der Waals surface area contributed by atoms with Gasteiger partial charge in [-0.25, -0.2) is 9.36 Å². The predicted octanol–water partition coefficient (Wildman–Crippen LogP) is 0.822. The van der Waals surface area contributed by atoms with E-state index in [0.29, 0.717) is 11.5 Å². The average molecular weight is 207 g/mol. The highest BCUT2D eigenvalue weighted by molar-refractivity contribution is 5.50.